The van der Waals surface area contributed by atoms with Crippen LogP contribution in [0.2, 0.25) is 19.6 Å². The molecular formula is C11H11F17NNaO2SSi. The second-order valence-electron chi connectivity index (χ2n) is 7.32. The minimum Gasteiger partial charge on any atom is -1.00 e. The molecule has 0 atom stereocenters. The molecule has 1 N–H and O–H groups in total. The van der Waals surface area contributed by atoms with E-state index in [0.29, 0.717) is 4.39 Å². The second-order valence-corrected chi connectivity index (χ2v) is 14.2. The summed E-state index contributed by atoms with van der Waals surface area (Å²) >= 11 is 0. The molecule has 202 valence electrons. The Labute approximate surface area is 203 Å². The summed E-state index contributed by atoms with van der Waals surface area (Å²) in [6.45, 7) is 2.17. The molecule has 3 nitrogen and oxygen atoms in total. The summed E-state index contributed by atoms with van der Waals surface area (Å²) in [4.78, 5) is 0. The van der Waals surface area contributed by atoms with Crippen molar-refractivity contribution in [2.75, 3.05) is 0 Å². The van der Waals surface area contributed by atoms with E-state index in [-0.39, 0.29) is 31.0 Å². The molecule has 0 aliphatic heterocycles. The Morgan fingerprint density at radius 1 is 0.529 bits per heavy atom. The molecule has 23 heteroatoms. The van der Waals surface area contributed by atoms with Gasteiger partial charge in [-0.3, -0.25) is 0 Å². The number of halogens is 17. The molecule has 0 amide bonds. The van der Waals surface area contributed by atoms with Crippen molar-refractivity contribution in [3.8, 4) is 0 Å². The van der Waals surface area contributed by atoms with Crippen molar-refractivity contribution in [1.29, 1.82) is 0 Å². The largest absolute Gasteiger partial charge is 1.00 e. The van der Waals surface area contributed by atoms with E-state index in [1.165, 1.54) is 0 Å². The first kappa shape index (κ1) is 36.1. The first-order valence-corrected chi connectivity index (χ1v) is 12.4. The minimum absolute atomic E-state index is 0. The molecule has 0 spiro atoms. The van der Waals surface area contributed by atoms with Crippen LogP contribution in [0.4, 0.5) is 74.6 Å². The number of sulfonamides is 1. The van der Waals surface area contributed by atoms with Crippen molar-refractivity contribution in [2.45, 2.75) is 66.6 Å². The van der Waals surface area contributed by atoms with Gasteiger partial charge in [-0.2, -0.15) is 74.6 Å². The van der Waals surface area contributed by atoms with E-state index < -0.39 is 65.2 Å². The average molecular weight is 595 g/mol. The second kappa shape index (κ2) is 9.05. The zero-order valence-corrected chi connectivity index (χ0v) is 20.5. The quantitative estimate of drug-likeness (QED) is 0.330. The summed E-state index contributed by atoms with van der Waals surface area (Å²) in [5.41, 5.74) is 0. The molecule has 0 aliphatic carbocycles. The van der Waals surface area contributed by atoms with Gasteiger partial charge < -0.3 is 1.43 Å². The van der Waals surface area contributed by atoms with Crippen molar-refractivity contribution in [2.24, 2.45) is 0 Å². The summed E-state index contributed by atoms with van der Waals surface area (Å²) in [5.74, 6) is -51.5. The summed E-state index contributed by atoms with van der Waals surface area (Å²) in [5, 5.41) is -7.51. The zero-order chi connectivity index (χ0) is 27.7. The molecule has 0 unspecified atom stereocenters. The van der Waals surface area contributed by atoms with Gasteiger partial charge in [-0.15, -0.1) is 0 Å². The fourth-order valence-electron chi connectivity index (χ4n) is 1.79. The van der Waals surface area contributed by atoms with Crippen LogP contribution in [0.25, 0.3) is 0 Å². The molecule has 34 heavy (non-hydrogen) atoms. The Balaban J connectivity index is -0.00000512. The summed E-state index contributed by atoms with van der Waals surface area (Å²) in [6.07, 6.45) is -7.86. The van der Waals surface area contributed by atoms with Gasteiger partial charge in [0.05, 0.1) is 0 Å². The molecule has 0 fully saturated rings. The standard InChI is InChI=1S/C11H10F17NO2SSi.Na.H/c1-33(2,3)29-32(30,31)11(27,28)9(22,23)7(18,19)5(14,15)4(12,13)6(16,17)8(20,21)10(24,25)26;;/h29H,1-3H3;;/q;+1;-1. The van der Waals surface area contributed by atoms with E-state index in [0.717, 1.165) is 19.6 Å². The minimum atomic E-state index is -8.82. The van der Waals surface area contributed by atoms with Crippen molar-refractivity contribution < 1.29 is 114 Å². The van der Waals surface area contributed by atoms with E-state index in [1.54, 1.807) is 0 Å². The van der Waals surface area contributed by atoms with Crippen molar-refractivity contribution in [3.05, 3.63) is 0 Å². The van der Waals surface area contributed by atoms with Gasteiger partial charge in [0.15, 0.2) is 0 Å². The molecule has 0 rings (SSSR count). The predicted octanol–water partition coefficient (Wildman–Crippen LogP) is 2.82. The van der Waals surface area contributed by atoms with Crippen LogP contribution in [0.15, 0.2) is 0 Å². The first-order valence-electron chi connectivity index (χ1n) is 7.45. The van der Waals surface area contributed by atoms with Crippen molar-refractivity contribution in [3.63, 3.8) is 0 Å². The van der Waals surface area contributed by atoms with Crippen LogP contribution >= 0.6 is 0 Å². The van der Waals surface area contributed by atoms with Crippen LogP contribution in [0.3, 0.4) is 0 Å². The van der Waals surface area contributed by atoms with Gasteiger partial charge in [-0.1, -0.05) is 19.6 Å². The molecule has 0 saturated carbocycles. The summed E-state index contributed by atoms with van der Waals surface area (Å²) < 4.78 is 246. The average Bonchev–Trinajstić information content (AvgIpc) is 2.49. The van der Waals surface area contributed by atoms with Crippen LogP contribution in [-0.4, -0.2) is 63.6 Å². The summed E-state index contributed by atoms with van der Waals surface area (Å²) in [6, 6.07) is 0. The van der Waals surface area contributed by atoms with E-state index in [1.807, 2.05) is 0 Å². The number of hydrogen-bond acceptors (Lipinski definition) is 2. The molecular weight excluding hydrogens is 584 g/mol. The van der Waals surface area contributed by atoms with E-state index in [4.69, 9.17) is 0 Å². The number of nitrogens with one attached hydrogen (secondary N) is 1. The Kier molecular flexibility index (Phi) is 9.60. The summed E-state index contributed by atoms with van der Waals surface area (Å²) in [7, 11) is -11.0. The van der Waals surface area contributed by atoms with E-state index >= 15 is 0 Å². The van der Waals surface area contributed by atoms with Gasteiger partial charge in [0.2, 0.25) is 0 Å². The van der Waals surface area contributed by atoms with Crippen LogP contribution < -0.4 is 33.9 Å². The molecule has 0 saturated heterocycles. The van der Waals surface area contributed by atoms with E-state index in [9.17, 15) is 83.1 Å². The number of rotatable bonds is 9. The fourth-order valence-corrected chi connectivity index (χ4v) is 5.99. The maximum atomic E-state index is 13.7. The van der Waals surface area contributed by atoms with Crippen LogP contribution in [0.5, 0.6) is 0 Å². The number of hydrogen-bond donors (Lipinski definition) is 1. The fraction of sp³-hybridized carbons (Fsp3) is 1.00. The van der Waals surface area contributed by atoms with Crippen LogP contribution in [0.1, 0.15) is 1.43 Å². The molecule has 0 bridgehead atoms. The van der Waals surface area contributed by atoms with Gasteiger partial charge in [0.25, 0.3) is 10.0 Å². The third-order valence-electron chi connectivity index (χ3n) is 3.47. The normalized spacial score (nSPS) is 16.4. The van der Waals surface area contributed by atoms with Crippen molar-refractivity contribution in [1.82, 2.24) is 4.39 Å². The van der Waals surface area contributed by atoms with Gasteiger partial charge in [-0.05, 0) is 0 Å². The topological polar surface area (TPSA) is 46.2 Å². The Hall–Kier alpha value is -0.0631. The monoisotopic (exact) mass is 595 g/mol. The molecule has 0 aromatic heterocycles. The van der Waals surface area contributed by atoms with Gasteiger partial charge in [-0.25, -0.2) is 12.8 Å². The van der Waals surface area contributed by atoms with E-state index in [2.05, 4.69) is 0 Å². The van der Waals surface area contributed by atoms with Crippen molar-refractivity contribution >= 4 is 18.3 Å². The molecule has 0 aromatic rings. The zero-order valence-electron chi connectivity index (χ0n) is 17.7. The molecule has 0 radical (unpaired) electrons. The maximum absolute atomic E-state index is 13.7. The predicted molar refractivity (Wildman–Crippen MR) is 77.2 cm³/mol. The van der Waals surface area contributed by atoms with Gasteiger partial charge in [0, 0.05) is 0 Å². The number of alkyl halides is 17. The third kappa shape index (κ3) is 5.03. The smallest absolute Gasteiger partial charge is 1.00 e. The van der Waals surface area contributed by atoms with Gasteiger partial charge in [0.1, 0.15) is 8.24 Å². The Morgan fingerprint density at radius 2 is 0.765 bits per heavy atom. The SMILES string of the molecule is C[Si](C)(C)NS(=O)(=O)C(F)(F)C(F)(F)C(F)(F)C(F)(F)C(F)(F)C(F)(F)C(F)(F)C(F)(F)F.[H-].[Na+]. The Morgan fingerprint density at radius 3 is 1.00 bits per heavy atom. The first-order chi connectivity index (χ1) is 13.7. The molecule has 0 aliphatic rings. The molecule has 0 heterocycles. The molecule has 0 aromatic carbocycles. The maximum Gasteiger partial charge on any atom is 1.00 e. The van der Waals surface area contributed by atoms with Crippen LogP contribution in [-0.2, 0) is 10.0 Å². The van der Waals surface area contributed by atoms with Crippen LogP contribution in [0, 0.1) is 0 Å². The van der Waals surface area contributed by atoms with Gasteiger partial charge >= 0.3 is 76.5 Å². The Bertz CT molecular complexity index is 855. The third-order valence-corrected chi connectivity index (χ3v) is 7.93.